The average molecular weight is 247 g/mol. The summed E-state index contributed by atoms with van der Waals surface area (Å²) in [5.74, 6) is 1.74. The summed E-state index contributed by atoms with van der Waals surface area (Å²) in [4.78, 5) is 4.33. The molecule has 0 aliphatic heterocycles. The van der Waals surface area contributed by atoms with Crippen LogP contribution in [-0.2, 0) is 13.1 Å². The second kappa shape index (κ2) is 4.69. The van der Waals surface area contributed by atoms with Crippen molar-refractivity contribution in [2.24, 2.45) is 17.3 Å². The molecule has 2 saturated carbocycles. The van der Waals surface area contributed by atoms with Gasteiger partial charge in [0, 0.05) is 19.3 Å². The molecule has 3 rings (SSSR count). The fourth-order valence-corrected chi connectivity index (χ4v) is 3.02. The van der Waals surface area contributed by atoms with E-state index in [1.165, 1.54) is 37.9 Å². The van der Waals surface area contributed by atoms with Crippen molar-refractivity contribution in [3.8, 4) is 0 Å². The van der Waals surface area contributed by atoms with Crippen LogP contribution in [0.15, 0.2) is 12.5 Å². The van der Waals surface area contributed by atoms with Gasteiger partial charge in [-0.1, -0.05) is 13.8 Å². The lowest BCUT2D eigenvalue weighted by molar-refractivity contribution is 0.362. The van der Waals surface area contributed by atoms with E-state index in [0.717, 1.165) is 19.0 Å². The largest absolute Gasteiger partial charge is 0.333 e. The van der Waals surface area contributed by atoms with Crippen LogP contribution in [0.5, 0.6) is 0 Å². The SMILES string of the molecule is CC(C)CNCc1cncn1CC1(C2CC2)CC1. The predicted molar refractivity (Wildman–Crippen MR) is 73.2 cm³/mol. The summed E-state index contributed by atoms with van der Waals surface area (Å²) in [6.07, 6.45) is 9.86. The molecule has 1 N–H and O–H groups in total. The van der Waals surface area contributed by atoms with Gasteiger partial charge in [0.25, 0.3) is 0 Å². The van der Waals surface area contributed by atoms with Crippen LogP contribution in [0.25, 0.3) is 0 Å². The molecule has 0 unspecified atom stereocenters. The van der Waals surface area contributed by atoms with Gasteiger partial charge in [-0.25, -0.2) is 4.98 Å². The molecular formula is C15H25N3. The quantitative estimate of drug-likeness (QED) is 0.803. The van der Waals surface area contributed by atoms with Crippen LogP contribution in [0.3, 0.4) is 0 Å². The van der Waals surface area contributed by atoms with Crippen LogP contribution in [0.4, 0.5) is 0 Å². The van der Waals surface area contributed by atoms with Crippen molar-refractivity contribution in [1.29, 1.82) is 0 Å². The summed E-state index contributed by atoms with van der Waals surface area (Å²) in [5, 5.41) is 3.52. The Morgan fingerprint density at radius 2 is 2.22 bits per heavy atom. The molecular weight excluding hydrogens is 222 g/mol. The van der Waals surface area contributed by atoms with Crippen molar-refractivity contribution in [3.05, 3.63) is 18.2 Å². The molecule has 3 nitrogen and oxygen atoms in total. The summed E-state index contributed by atoms with van der Waals surface area (Å²) in [7, 11) is 0. The van der Waals surface area contributed by atoms with E-state index in [9.17, 15) is 0 Å². The van der Waals surface area contributed by atoms with E-state index in [1.807, 2.05) is 12.5 Å². The molecule has 0 aromatic carbocycles. The molecule has 3 heteroatoms. The van der Waals surface area contributed by atoms with Crippen LogP contribution in [0.2, 0.25) is 0 Å². The zero-order valence-corrected chi connectivity index (χ0v) is 11.7. The topological polar surface area (TPSA) is 29.9 Å². The highest BCUT2D eigenvalue weighted by Gasteiger charge is 2.53. The molecule has 1 heterocycles. The molecule has 0 atom stereocenters. The van der Waals surface area contributed by atoms with Crippen molar-refractivity contribution in [2.45, 2.75) is 52.6 Å². The Bertz CT molecular complexity index is 400. The first-order chi connectivity index (χ1) is 8.70. The lowest BCUT2D eigenvalue weighted by Crippen LogP contribution is -2.22. The van der Waals surface area contributed by atoms with Crippen LogP contribution < -0.4 is 5.32 Å². The highest BCUT2D eigenvalue weighted by atomic mass is 15.1. The average Bonchev–Trinajstić information content (AvgIpc) is 3.19. The smallest absolute Gasteiger partial charge is 0.0948 e. The van der Waals surface area contributed by atoms with Crippen LogP contribution >= 0.6 is 0 Å². The number of hydrogen-bond acceptors (Lipinski definition) is 2. The summed E-state index contributed by atoms with van der Waals surface area (Å²) in [6, 6.07) is 0. The summed E-state index contributed by atoms with van der Waals surface area (Å²) in [6.45, 7) is 7.74. The van der Waals surface area contributed by atoms with Crippen LogP contribution in [-0.4, -0.2) is 16.1 Å². The lowest BCUT2D eigenvalue weighted by atomic mass is 10.0. The van der Waals surface area contributed by atoms with Gasteiger partial charge in [0.1, 0.15) is 0 Å². The normalized spacial score (nSPS) is 21.5. The number of imidazole rings is 1. The van der Waals surface area contributed by atoms with Crippen molar-refractivity contribution in [3.63, 3.8) is 0 Å². The molecule has 1 aromatic heterocycles. The predicted octanol–water partition coefficient (Wildman–Crippen LogP) is 2.82. The van der Waals surface area contributed by atoms with Gasteiger partial charge in [-0.3, -0.25) is 0 Å². The van der Waals surface area contributed by atoms with E-state index in [0.29, 0.717) is 11.3 Å². The minimum Gasteiger partial charge on any atom is -0.333 e. The highest BCUT2D eigenvalue weighted by molar-refractivity contribution is 5.07. The Labute approximate surface area is 110 Å². The van der Waals surface area contributed by atoms with Crippen LogP contribution in [0, 0.1) is 17.3 Å². The standard InChI is InChI=1S/C15H25N3/c1-12(2)7-16-8-14-9-17-11-18(14)10-15(5-6-15)13-3-4-13/h9,11-13,16H,3-8,10H2,1-2H3. The molecule has 0 saturated heterocycles. The Hall–Kier alpha value is -0.830. The molecule has 0 bridgehead atoms. The molecule has 1 aromatic rings. The number of rotatable bonds is 7. The zero-order chi connectivity index (χ0) is 12.6. The highest BCUT2D eigenvalue weighted by Crippen LogP contribution is 2.62. The molecule has 0 spiro atoms. The van der Waals surface area contributed by atoms with Gasteiger partial charge < -0.3 is 9.88 Å². The Balaban J connectivity index is 1.57. The summed E-state index contributed by atoms with van der Waals surface area (Å²) >= 11 is 0. The molecule has 2 aliphatic rings. The first-order valence-electron chi connectivity index (χ1n) is 7.39. The fourth-order valence-electron chi connectivity index (χ4n) is 3.02. The van der Waals surface area contributed by atoms with Gasteiger partial charge in [-0.05, 0) is 49.5 Å². The molecule has 2 fully saturated rings. The van der Waals surface area contributed by atoms with Gasteiger partial charge in [0.05, 0.1) is 12.0 Å². The lowest BCUT2D eigenvalue weighted by Gasteiger charge is -2.17. The van der Waals surface area contributed by atoms with E-state index in [1.54, 1.807) is 0 Å². The zero-order valence-electron chi connectivity index (χ0n) is 11.7. The minimum absolute atomic E-state index is 0.660. The van der Waals surface area contributed by atoms with Gasteiger partial charge in [0.15, 0.2) is 0 Å². The van der Waals surface area contributed by atoms with Crippen molar-refractivity contribution >= 4 is 0 Å². The number of nitrogens with one attached hydrogen (secondary N) is 1. The van der Waals surface area contributed by atoms with Crippen molar-refractivity contribution in [1.82, 2.24) is 14.9 Å². The third kappa shape index (κ3) is 2.61. The van der Waals surface area contributed by atoms with E-state index in [-0.39, 0.29) is 0 Å². The summed E-state index contributed by atoms with van der Waals surface area (Å²) in [5.41, 5.74) is 2.01. The molecule has 0 radical (unpaired) electrons. The third-order valence-corrected chi connectivity index (χ3v) is 4.48. The molecule has 18 heavy (non-hydrogen) atoms. The summed E-state index contributed by atoms with van der Waals surface area (Å²) < 4.78 is 2.39. The van der Waals surface area contributed by atoms with E-state index in [4.69, 9.17) is 0 Å². The Kier molecular flexibility index (Phi) is 3.18. The van der Waals surface area contributed by atoms with E-state index >= 15 is 0 Å². The first-order valence-corrected chi connectivity index (χ1v) is 7.39. The number of hydrogen-bond donors (Lipinski definition) is 1. The molecule has 0 amide bonds. The second-order valence-electron chi connectivity index (χ2n) is 6.67. The van der Waals surface area contributed by atoms with Gasteiger partial charge in [-0.15, -0.1) is 0 Å². The second-order valence-corrected chi connectivity index (χ2v) is 6.67. The maximum atomic E-state index is 4.33. The van der Waals surface area contributed by atoms with Crippen molar-refractivity contribution < 1.29 is 0 Å². The number of nitrogens with zero attached hydrogens (tertiary/aromatic N) is 2. The molecule has 100 valence electrons. The van der Waals surface area contributed by atoms with E-state index in [2.05, 4.69) is 28.7 Å². The van der Waals surface area contributed by atoms with Gasteiger partial charge in [-0.2, -0.15) is 0 Å². The fraction of sp³-hybridized carbons (Fsp3) is 0.800. The Morgan fingerprint density at radius 1 is 1.44 bits per heavy atom. The Morgan fingerprint density at radius 3 is 2.83 bits per heavy atom. The van der Waals surface area contributed by atoms with E-state index < -0.39 is 0 Å². The van der Waals surface area contributed by atoms with Crippen molar-refractivity contribution in [2.75, 3.05) is 6.54 Å². The van der Waals surface area contributed by atoms with Crippen LogP contribution in [0.1, 0.15) is 45.2 Å². The minimum atomic E-state index is 0.660. The monoisotopic (exact) mass is 247 g/mol. The molecule has 2 aliphatic carbocycles. The maximum absolute atomic E-state index is 4.33. The van der Waals surface area contributed by atoms with Gasteiger partial charge in [0.2, 0.25) is 0 Å². The maximum Gasteiger partial charge on any atom is 0.0948 e. The number of aromatic nitrogens is 2. The third-order valence-electron chi connectivity index (χ3n) is 4.48. The first kappa shape index (κ1) is 12.2. The van der Waals surface area contributed by atoms with Gasteiger partial charge >= 0.3 is 0 Å².